The zero-order valence-corrected chi connectivity index (χ0v) is 14.0. The van der Waals surface area contributed by atoms with Gasteiger partial charge in [0.2, 0.25) is 0 Å². The van der Waals surface area contributed by atoms with E-state index in [0.29, 0.717) is 0 Å². The fourth-order valence-corrected chi connectivity index (χ4v) is 2.10. The van der Waals surface area contributed by atoms with Gasteiger partial charge in [-0.25, -0.2) is 0 Å². The average molecular weight is 289 g/mol. The van der Waals surface area contributed by atoms with Gasteiger partial charge in [-0.05, 0) is 45.7 Å². The fourth-order valence-electron chi connectivity index (χ4n) is 1.79. The summed E-state index contributed by atoms with van der Waals surface area (Å²) in [5, 5.41) is 6.63. The van der Waals surface area contributed by atoms with E-state index in [9.17, 15) is 0 Å². The van der Waals surface area contributed by atoms with Gasteiger partial charge in [0.25, 0.3) is 0 Å². The maximum absolute atomic E-state index is 4.60. The molecule has 0 aromatic heterocycles. The molecule has 0 radical (unpaired) electrons. The van der Waals surface area contributed by atoms with Gasteiger partial charge < -0.3 is 15.5 Å². The Kier molecular flexibility index (Phi) is 13.7. The number of thioether (sulfide) groups is 1. The van der Waals surface area contributed by atoms with Gasteiger partial charge >= 0.3 is 0 Å². The van der Waals surface area contributed by atoms with Crippen molar-refractivity contribution < 1.29 is 0 Å². The molecule has 0 aromatic rings. The van der Waals surface area contributed by atoms with Crippen LogP contribution in [0.1, 0.15) is 33.6 Å². The van der Waals surface area contributed by atoms with Crippen molar-refractivity contribution in [3.63, 3.8) is 0 Å². The molecule has 0 aromatic carbocycles. The van der Waals surface area contributed by atoms with Crippen LogP contribution in [-0.4, -0.2) is 62.1 Å². The molecule has 2 N–H and O–H groups in total. The third kappa shape index (κ3) is 11.1. The van der Waals surface area contributed by atoms with Crippen molar-refractivity contribution in [3.8, 4) is 0 Å². The quantitative estimate of drug-likeness (QED) is 0.347. The second-order valence-corrected chi connectivity index (χ2v) is 5.40. The summed E-state index contributed by atoms with van der Waals surface area (Å²) >= 11 is 1.85. The third-order valence-corrected chi connectivity index (χ3v) is 3.60. The first-order chi connectivity index (χ1) is 9.28. The number of rotatable bonds is 11. The highest BCUT2D eigenvalue weighted by Crippen LogP contribution is 1.95. The lowest BCUT2D eigenvalue weighted by Gasteiger charge is -2.17. The summed E-state index contributed by atoms with van der Waals surface area (Å²) in [6.07, 6.45) is 4.52. The molecule has 114 valence electrons. The lowest BCUT2D eigenvalue weighted by atomic mass is 10.3. The second kappa shape index (κ2) is 14.0. The van der Waals surface area contributed by atoms with Gasteiger partial charge in [-0.3, -0.25) is 4.99 Å². The Morgan fingerprint density at radius 2 is 1.84 bits per heavy atom. The number of guanidine groups is 1. The van der Waals surface area contributed by atoms with E-state index in [1.807, 2.05) is 11.8 Å². The number of unbranched alkanes of at least 4 members (excludes halogenated alkanes) is 1. The van der Waals surface area contributed by atoms with Crippen LogP contribution in [-0.2, 0) is 0 Å². The molecule has 19 heavy (non-hydrogen) atoms. The predicted molar refractivity (Wildman–Crippen MR) is 89.4 cm³/mol. The molecule has 4 nitrogen and oxygen atoms in total. The molecule has 0 bridgehead atoms. The van der Waals surface area contributed by atoms with Gasteiger partial charge in [-0.15, -0.1) is 0 Å². The molecule has 0 saturated heterocycles. The number of nitrogens with zero attached hydrogens (tertiary/aromatic N) is 2. The molecule has 0 amide bonds. The molecule has 0 aliphatic carbocycles. The van der Waals surface area contributed by atoms with E-state index in [0.717, 1.165) is 50.9 Å². The minimum absolute atomic E-state index is 0.913. The molecule has 0 rings (SSSR count). The summed E-state index contributed by atoms with van der Waals surface area (Å²) in [5.41, 5.74) is 0. The molecular formula is C14H32N4S. The van der Waals surface area contributed by atoms with Crippen LogP contribution in [0, 0.1) is 0 Å². The van der Waals surface area contributed by atoms with Crippen LogP contribution < -0.4 is 10.6 Å². The predicted octanol–water partition coefficient (Wildman–Crippen LogP) is 2.03. The van der Waals surface area contributed by atoms with Crippen molar-refractivity contribution in [2.24, 2.45) is 4.99 Å². The molecule has 0 unspecified atom stereocenters. The standard InChI is InChI=1S/C14H32N4S/c1-5-15-14(17-11-13-19-4)16-10-8-9-12-18(6-2)7-3/h5-13H2,1-4H3,(H2,15,16,17). The van der Waals surface area contributed by atoms with Crippen molar-refractivity contribution >= 4 is 17.7 Å². The summed E-state index contributed by atoms with van der Waals surface area (Å²) in [6, 6.07) is 0. The van der Waals surface area contributed by atoms with Crippen molar-refractivity contribution in [3.05, 3.63) is 0 Å². The molecule has 0 fully saturated rings. The summed E-state index contributed by atoms with van der Waals surface area (Å²) in [7, 11) is 0. The first-order valence-corrected chi connectivity index (χ1v) is 8.91. The second-order valence-electron chi connectivity index (χ2n) is 4.41. The number of hydrogen-bond donors (Lipinski definition) is 2. The Balaban J connectivity index is 3.77. The van der Waals surface area contributed by atoms with E-state index in [1.165, 1.54) is 13.0 Å². The van der Waals surface area contributed by atoms with E-state index in [4.69, 9.17) is 0 Å². The van der Waals surface area contributed by atoms with Gasteiger partial charge in [0.15, 0.2) is 5.96 Å². The Labute approximate surface area is 123 Å². The summed E-state index contributed by atoms with van der Waals surface area (Å²) in [6.45, 7) is 12.9. The monoisotopic (exact) mass is 288 g/mol. The first-order valence-electron chi connectivity index (χ1n) is 7.51. The first kappa shape index (κ1) is 18.6. The lowest BCUT2D eigenvalue weighted by molar-refractivity contribution is 0.297. The fraction of sp³-hybridized carbons (Fsp3) is 0.929. The van der Waals surface area contributed by atoms with Crippen LogP contribution in [0.5, 0.6) is 0 Å². The highest BCUT2D eigenvalue weighted by molar-refractivity contribution is 7.98. The average Bonchev–Trinajstić information content (AvgIpc) is 2.43. The molecule has 0 aliphatic heterocycles. The summed E-state index contributed by atoms with van der Waals surface area (Å²) < 4.78 is 0. The molecule has 0 spiro atoms. The minimum Gasteiger partial charge on any atom is -0.357 e. The van der Waals surface area contributed by atoms with Crippen LogP contribution in [0.25, 0.3) is 0 Å². The van der Waals surface area contributed by atoms with Crippen molar-refractivity contribution in [2.45, 2.75) is 33.6 Å². The SMILES string of the molecule is CCNC(=NCCCCN(CC)CC)NCCSC. The number of aliphatic imine (C=N–C) groups is 1. The molecule has 0 atom stereocenters. The number of nitrogens with one attached hydrogen (secondary N) is 2. The number of hydrogen-bond acceptors (Lipinski definition) is 3. The maximum Gasteiger partial charge on any atom is 0.191 e. The van der Waals surface area contributed by atoms with E-state index in [1.54, 1.807) is 0 Å². The minimum atomic E-state index is 0.913. The highest BCUT2D eigenvalue weighted by atomic mass is 32.2. The van der Waals surface area contributed by atoms with Gasteiger partial charge in [0.05, 0.1) is 0 Å². The van der Waals surface area contributed by atoms with Gasteiger partial charge in [0.1, 0.15) is 0 Å². The van der Waals surface area contributed by atoms with Gasteiger partial charge in [0, 0.05) is 25.4 Å². The Morgan fingerprint density at radius 1 is 1.11 bits per heavy atom. The van der Waals surface area contributed by atoms with Crippen molar-refractivity contribution in [2.75, 3.05) is 51.3 Å². The van der Waals surface area contributed by atoms with Crippen LogP contribution in [0.4, 0.5) is 0 Å². The summed E-state index contributed by atoms with van der Waals surface area (Å²) in [5.74, 6) is 2.08. The zero-order chi connectivity index (χ0) is 14.3. The van der Waals surface area contributed by atoms with Crippen LogP contribution in [0.3, 0.4) is 0 Å². The van der Waals surface area contributed by atoms with Crippen LogP contribution in [0.2, 0.25) is 0 Å². The maximum atomic E-state index is 4.60. The van der Waals surface area contributed by atoms with E-state index in [-0.39, 0.29) is 0 Å². The smallest absolute Gasteiger partial charge is 0.191 e. The van der Waals surface area contributed by atoms with Gasteiger partial charge in [-0.1, -0.05) is 13.8 Å². The Morgan fingerprint density at radius 3 is 2.42 bits per heavy atom. The molecule has 5 heteroatoms. The zero-order valence-electron chi connectivity index (χ0n) is 13.2. The highest BCUT2D eigenvalue weighted by Gasteiger charge is 1.99. The van der Waals surface area contributed by atoms with Crippen LogP contribution in [0.15, 0.2) is 4.99 Å². The molecular weight excluding hydrogens is 256 g/mol. The Hall–Kier alpha value is -0.420. The molecule has 0 aliphatic rings. The largest absolute Gasteiger partial charge is 0.357 e. The summed E-state index contributed by atoms with van der Waals surface area (Å²) in [4.78, 5) is 7.06. The van der Waals surface area contributed by atoms with E-state index >= 15 is 0 Å². The lowest BCUT2D eigenvalue weighted by Crippen LogP contribution is -2.38. The topological polar surface area (TPSA) is 39.7 Å². The van der Waals surface area contributed by atoms with Gasteiger partial charge in [-0.2, -0.15) is 11.8 Å². The van der Waals surface area contributed by atoms with Crippen molar-refractivity contribution in [1.29, 1.82) is 0 Å². The van der Waals surface area contributed by atoms with Crippen LogP contribution >= 0.6 is 11.8 Å². The Bertz CT molecular complexity index is 217. The van der Waals surface area contributed by atoms with Crippen molar-refractivity contribution in [1.82, 2.24) is 15.5 Å². The third-order valence-electron chi connectivity index (χ3n) is 2.99. The normalized spacial score (nSPS) is 11.9. The van der Waals surface area contributed by atoms with E-state index in [2.05, 4.69) is 47.6 Å². The molecule has 0 heterocycles. The molecule has 0 saturated carbocycles. The van der Waals surface area contributed by atoms with E-state index < -0.39 is 0 Å².